The summed E-state index contributed by atoms with van der Waals surface area (Å²) in [6.07, 6.45) is 1.48. The summed E-state index contributed by atoms with van der Waals surface area (Å²) in [5.41, 5.74) is 0.440. The van der Waals surface area contributed by atoms with Gasteiger partial charge in [0.1, 0.15) is 5.54 Å². The average molecular weight is 373 g/mol. The number of benzene rings is 2. The highest BCUT2D eigenvalue weighted by Gasteiger charge is 2.62. The van der Waals surface area contributed by atoms with E-state index in [0.717, 1.165) is 11.8 Å². The molecule has 0 aromatic heterocycles. The Morgan fingerprint density at radius 2 is 1.73 bits per heavy atom. The van der Waals surface area contributed by atoms with E-state index in [1.54, 1.807) is 12.1 Å². The van der Waals surface area contributed by atoms with Crippen LogP contribution in [0.25, 0.3) is 0 Å². The van der Waals surface area contributed by atoms with Crippen LogP contribution in [-0.4, -0.2) is 37.2 Å². The number of aliphatic carboxylic acids is 1. The number of carbonyl (C=O) groups is 2. The first-order valence-corrected chi connectivity index (χ1v) is 10.1. The van der Waals surface area contributed by atoms with Crippen LogP contribution in [0, 0.1) is 0 Å². The summed E-state index contributed by atoms with van der Waals surface area (Å²) in [6.45, 7) is 0. The molecule has 7 heteroatoms. The lowest BCUT2D eigenvalue weighted by Gasteiger charge is -2.15. The molecule has 136 valence electrons. The number of sulfone groups is 1. The Balaban J connectivity index is 1.75. The number of carboxylic acids is 1. The monoisotopic (exact) mass is 373 g/mol. The van der Waals surface area contributed by atoms with E-state index in [2.05, 4.69) is 5.32 Å². The molecule has 0 spiro atoms. The molecule has 1 fully saturated rings. The molecule has 3 rings (SSSR count). The summed E-state index contributed by atoms with van der Waals surface area (Å²) in [6, 6.07) is 15.4. The van der Waals surface area contributed by atoms with Crippen molar-refractivity contribution < 1.29 is 23.1 Å². The summed E-state index contributed by atoms with van der Waals surface area (Å²) < 4.78 is 22.6. The van der Waals surface area contributed by atoms with Gasteiger partial charge in [0.15, 0.2) is 9.84 Å². The SMILES string of the molecule is CS(=O)(=O)Cc1ccc(C(=O)NC2(C(=O)O)CC2c2ccccc2)cc1. The summed E-state index contributed by atoms with van der Waals surface area (Å²) in [5.74, 6) is -1.93. The van der Waals surface area contributed by atoms with Crippen molar-refractivity contribution in [2.24, 2.45) is 0 Å². The predicted molar refractivity (Wildman–Crippen MR) is 96.6 cm³/mol. The molecular weight excluding hydrogens is 354 g/mol. The largest absolute Gasteiger partial charge is 0.479 e. The number of amides is 1. The third kappa shape index (κ3) is 3.77. The third-order valence-electron chi connectivity index (χ3n) is 4.53. The highest BCUT2D eigenvalue weighted by molar-refractivity contribution is 7.89. The van der Waals surface area contributed by atoms with Gasteiger partial charge in [0, 0.05) is 17.7 Å². The quantitative estimate of drug-likeness (QED) is 0.806. The Morgan fingerprint density at radius 3 is 2.27 bits per heavy atom. The maximum Gasteiger partial charge on any atom is 0.330 e. The van der Waals surface area contributed by atoms with E-state index < -0.39 is 27.3 Å². The Labute approximate surface area is 151 Å². The maximum absolute atomic E-state index is 12.5. The van der Waals surface area contributed by atoms with Crippen LogP contribution in [-0.2, 0) is 20.4 Å². The van der Waals surface area contributed by atoms with Gasteiger partial charge in [-0.05, 0) is 29.7 Å². The zero-order valence-corrected chi connectivity index (χ0v) is 15.0. The molecular formula is C19H19NO5S. The molecule has 2 unspecified atom stereocenters. The van der Waals surface area contributed by atoms with Gasteiger partial charge in [0.2, 0.25) is 0 Å². The van der Waals surface area contributed by atoms with E-state index in [9.17, 15) is 23.1 Å². The molecule has 1 amide bonds. The molecule has 0 radical (unpaired) electrons. The van der Waals surface area contributed by atoms with Crippen LogP contribution in [0.4, 0.5) is 0 Å². The third-order valence-corrected chi connectivity index (χ3v) is 5.38. The van der Waals surface area contributed by atoms with E-state index in [4.69, 9.17) is 0 Å². The second-order valence-electron chi connectivity index (χ2n) is 6.67. The number of nitrogens with one attached hydrogen (secondary N) is 1. The molecule has 1 aliphatic rings. The molecule has 6 nitrogen and oxygen atoms in total. The maximum atomic E-state index is 12.5. The van der Waals surface area contributed by atoms with Gasteiger partial charge >= 0.3 is 5.97 Å². The molecule has 0 bridgehead atoms. The van der Waals surface area contributed by atoms with Gasteiger partial charge in [-0.25, -0.2) is 13.2 Å². The van der Waals surface area contributed by atoms with Crippen molar-refractivity contribution in [2.75, 3.05) is 6.26 Å². The molecule has 2 N–H and O–H groups in total. The fraction of sp³-hybridized carbons (Fsp3) is 0.263. The lowest BCUT2D eigenvalue weighted by Crippen LogP contribution is -2.44. The standard InChI is InChI=1S/C19H19NO5S/c1-26(24,25)12-13-7-9-15(10-8-13)17(21)20-19(18(22)23)11-16(19)14-5-3-2-4-6-14/h2-10,16H,11-12H2,1H3,(H,20,21)(H,22,23). The topological polar surface area (TPSA) is 101 Å². The van der Waals surface area contributed by atoms with Gasteiger partial charge in [-0.2, -0.15) is 0 Å². The molecule has 2 aromatic rings. The van der Waals surface area contributed by atoms with Gasteiger partial charge in [-0.3, -0.25) is 4.79 Å². The molecule has 1 saturated carbocycles. The smallest absolute Gasteiger partial charge is 0.330 e. The Morgan fingerprint density at radius 1 is 1.12 bits per heavy atom. The van der Waals surface area contributed by atoms with Crippen molar-refractivity contribution in [3.8, 4) is 0 Å². The van der Waals surface area contributed by atoms with E-state index >= 15 is 0 Å². The molecule has 0 saturated heterocycles. The molecule has 26 heavy (non-hydrogen) atoms. The van der Waals surface area contributed by atoms with Crippen molar-refractivity contribution in [3.63, 3.8) is 0 Å². The van der Waals surface area contributed by atoms with Crippen molar-refractivity contribution in [1.82, 2.24) is 5.32 Å². The van der Waals surface area contributed by atoms with Crippen LogP contribution >= 0.6 is 0 Å². The predicted octanol–water partition coefficient (Wildman–Crippen LogP) is 1.97. The number of rotatable bonds is 6. The highest BCUT2D eigenvalue weighted by Crippen LogP contribution is 2.51. The number of hydrogen-bond donors (Lipinski definition) is 2. The Hall–Kier alpha value is -2.67. The number of carboxylic acid groups (broad SMARTS) is 1. The van der Waals surface area contributed by atoms with Crippen molar-refractivity contribution in [1.29, 1.82) is 0 Å². The van der Waals surface area contributed by atoms with Crippen LogP contribution in [0.2, 0.25) is 0 Å². The fourth-order valence-electron chi connectivity index (χ4n) is 3.11. The zero-order valence-electron chi connectivity index (χ0n) is 14.2. The van der Waals surface area contributed by atoms with E-state index in [1.807, 2.05) is 30.3 Å². The Bertz CT molecular complexity index is 938. The normalized spacial score (nSPS) is 21.8. The minimum atomic E-state index is -3.16. The van der Waals surface area contributed by atoms with Crippen LogP contribution in [0.5, 0.6) is 0 Å². The fourth-order valence-corrected chi connectivity index (χ4v) is 3.91. The van der Waals surface area contributed by atoms with Gasteiger partial charge in [-0.1, -0.05) is 42.5 Å². The molecule has 2 atom stereocenters. The zero-order chi connectivity index (χ0) is 18.9. The minimum Gasteiger partial charge on any atom is -0.479 e. The van der Waals surface area contributed by atoms with Gasteiger partial charge in [0.25, 0.3) is 5.91 Å². The summed E-state index contributed by atoms with van der Waals surface area (Å²) >= 11 is 0. The van der Waals surface area contributed by atoms with Crippen molar-refractivity contribution in [3.05, 3.63) is 71.3 Å². The van der Waals surface area contributed by atoms with Gasteiger partial charge in [-0.15, -0.1) is 0 Å². The van der Waals surface area contributed by atoms with Crippen molar-refractivity contribution in [2.45, 2.75) is 23.6 Å². The van der Waals surface area contributed by atoms with Crippen molar-refractivity contribution >= 4 is 21.7 Å². The van der Waals surface area contributed by atoms with Gasteiger partial charge in [0.05, 0.1) is 5.75 Å². The van der Waals surface area contributed by atoms with Gasteiger partial charge < -0.3 is 10.4 Å². The summed E-state index contributed by atoms with van der Waals surface area (Å²) in [5, 5.41) is 12.3. The average Bonchev–Trinajstić information content (AvgIpc) is 3.30. The van der Waals surface area contributed by atoms with E-state index in [1.165, 1.54) is 12.1 Å². The molecule has 0 heterocycles. The van der Waals surface area contributed by atoms with E-state index in [-0.39, 0.29) is 11.7 Å². The Kier molecular flexibility index (Phi) is 4.58. The van der Waals surface area contributed by atoms with Crippen LogP contribution in [0.1, 0.15) is 33.8 Å². The lowest BCUT2D eigenvalue weighted by atomic mass is 10.1. The summed E-state index contributed by atoms with van der Waals surface area (Å²) in [4.78, 5) is 24.2. The second kappa shape index (κ2) is 6.57. The first kappa shape index (κ1) is 18.1. The first-order chi connectivity index (χ1) is 12.2. The first-order valence-electron chi connectivity index (χ1n) is 8.09. The van der Waals surface area contributed by atoms with Crippen LogP contribution in [0.3, 0.4) is 0 Å². The van der Waals surface area contributed by atoms with Crippen LogP contribution in [0.15, 0.2) is 54.6 Å². The molecule has 1 aliphatic carbocycles. The molecule has 2 aromatic carbocycles. The second-order valence-corrected chi connectivity index (χ2v) is 8.81. The minimum absolute atomic E-state index is 0.107. The van der Waals surface area contributed by atoms with Crippen LogP contribution < -0.4 is 5.32 Å². The summed E-state index contributed by atoms with van der Waals surface area (Å²) in [7, 11) is -3.16. The molecule has 0 aliphatic heterocycles. The number of hydrogen-bond acceptors (Lipinski definition) is 4. The number of carbonyl (C=O) groups excluding carboxylic acids is 1. The highest BCUT2D eigenvalue weighted by atomic mass is 32.2. The van der Waals surface area contributed by atoms with E-state index in [0.29, 0.717) is 17.5 Å². The lowest BCUT2D eigenvalue weighted by molar-refractivity contribution is -0.140.